The van der Waals surface area contributed by atoms with Crippen molar-refractivity contribution in [2.75, 3.05) is 18.0 Å². The minimum absolute atomic E-state index is 0.218. The van der Waals surface area contributed by atoms with Crippen molar-refractivity contribution < 1.29 is 4.39 Å². The van der Waals surface area contributed by atoms with Crippen LogP contribution >= 0.6 is 11.3 Å². The van der Waals surface area contributed by atoms with Crippen molar-refractivity contribution in [2.24, 2.45) is 0 Å². The van der Waals surface area contributed by atoms with Gasteiger partial charge in [-0.25, -0.2) is 9.37 Å². The van der Waals surface area contributed by atoms with Gasteiger partial charge in [0.05, 0.1) is 16.1 Å². The molecule has 1 aliphatic heterocycles. The summed E-state index contributed by atoms with van der Waals surface area (Å²) in [7, 11) is 0. The van der Waals surface area contributed by atoms with Crippen LogP contribution in [0.3, 0.4) is 0 Å². The van der Waals surface area contributed by atoms with E-state index in [0.717, 1.165) is 39.9 Å². The first-order chi connectivity index (χ1) is 11.3. The second-order valence-electron chi connectivity index (χ2n) is 5.70. The molecule has 0 saturated carbocycles. The molecule has 7 heteroatoms. The van der Waals surface area contributed by atoms with Crippen molar-refractivity contribution in [2.45, 2.75) is 5.92 Å². The van der Waals surface area contributed by atoms with E-state index in [1.54, 1.807) is 12.1 Å². The molecule has 1 aliphatic rings. The zero-order chi connectivity index (χ0) is 15.4. The second kappa shape index (κ2) is 4.73. The van der Waals surface area contributed by atoms with E-state index in [1.807, 2.05) is 28.8 Å². The summed E-state index contributed by atoms with van der Waals surface area (Å²) < 4.78 is 16.2. The lowest BCUT2D eigenvalue weighted by Crippen LogP contribution is -2.45. The second-order valence-corrected chi connectivity index (χ2v) is 6.71. The Balaban J connectivity index is 1.41. The maximum absolute atomic E-state index is 13.3. The number of hydrogen-bond acceptors (Lipinski definition) is 5. The Hall–Kier alpha value is -2.54. The number of hydrogen-bond donors (Lipinski definition) is 0. The number of nitrogens with zero attached hydrogens (tertiary/aromatic N) is 5. The molecule has 1 aromatic carbocycles. The van der Waals surface area contributed by atoms with E-state index < -0.39 is 0 Å². The molecule has 0 N–H and O–H groups in total. The monoisotopic (exact) mass is 325 g/mol. The molecule has 1 fully saturated rings. The van der Waals surface area contributed by atoms with Crippen LogP contribution in [0.15, 0.2) is 42.6 Å². The number of pyridine rings is 1. The summed E-state index contributed by atoms with van der Waals surface area (Å²) in [4.78, 5) is 6.79. The lowest BCUT2D eigenvalue weighted by atomic mass is 10.0. The largest absolute Gasteiger partial charge is 0.346 e. The molecule has 4 aromatic rings. The number of benzene rings is 1. The average Bonchev–Trinajstić information content (AvgIpc) is 3.10. The Morgan fingerprint density at radius 2 is 2.04 bits per heavy atom. The third kappa shape index (κ3) is 2.00. The smallest absolute Gasteiger partial charge is 0.186 e. The summed E-state index contributed by atoms with van der Waals surface area (Å²) in [6, 6.07) is 10.6. The predicted molar refractivity (Wildman–Crippen MR) is 87.5 cm³/mol. The van der Waals surface area contributed by atoms with Gasteiger partial charge in [-0.3, -0.25) is 4.40 Å². The Labute approximate surface area is 135 Å². The summed E-state index contributed by atoms with van der Waals surface area (Å²) in [6.45, 7) is 1.72. The number of thiazole rings is 1. The number of aromatic nitrogens is 4. The van der Waals surface area contributed by atoms with Gasteiger partial charge < -0.3 is 4.90 Å². The Morgan fingerprint density at radius 1 is 1.13 bits per heavy atom. The van der Waals surface area contributed by atoms with Crippen LogP contribution in [0.25, 0.3) is 15.9 Å². The first-order valence-corrected chi connectivity index (χ1v) is 8.20. The molecule has 0 atom stereocenters. The molecule has 0 spiro atoms. The van der Waals surface area contributed by atoms with Gasteiger partial charge in [0, 0.05) is 19.3 Å². The topological polar surface area (TPSA) is 46.3 Å². The van der Waals surface area contributed by atoms with Gasteiger partial charge in [-0.1, -0.05) is 17.4 Å². The normalized spacial score (nSPS) is 15.4. The third-order valence-corrected chi connectivity index (χ3v) is 5.28. The van der Waals surface area contributed by atoms with Gasteiger partial charge in [-0.2, -0.15) is 0 Å². The maximum Gasteiger partial charge on any atom is 0.186 e. The molecular weight excluding hydrogens is 313 g/mol. The Kier molecular flexibility index (Phi) is 2.66. The summed E-state index contributed by atoms with van der Waals surface area (Å²) in [5.41, 5.74) is 1.72. The Bertz CT molecular complexity index is 1020. The van der Waals surface area contributed by atoms with E-state index in [2.05, 4.69) is 20.1 Å². The third-order valence-electron chi connectivity index (χ3n) is 4.20. The molecule has 0 amide bonds. The van der Waals surface area contributed by atoms with Crippen molar-refractivity contribution in [3.63, 3.8) is 0 Å². The summed E-state index contributed by atoms with van der Waals surface area (Å²) in [6.07, 6.45) is 1.99. The van der Waals surface area contributed by atoms with Crippen LogP contribution in [0.5, 0.6) is 0 Å². The van der Waals surface area contributed by atoms with Crippen LogP contribution in [0, 0.1) is 5.82 Å². The number of anilines is 1. The van der Waals surface area contributed by atoms with E-state index >= 15 is 0 Å². The van der Waals surface area contributed by atoms with Gasteiger partial charge >= 0.3 is 0 Å². The van der Waals surface area contributed by atoms with Gasteiger partial charge in [-0.15, -0.1) is 10.2 Å². The minimum Gasteiger partial charge on any atom is -0.346 e. The number of halogens is 1. The maximum atomic E-state index is 13.3. The molecular formula is C16H12FN5S. The summed E-state index contributed by atoms with van der Waals surface area (Å²) in [5, 5.41) is 9.46. The van der Waals surface area contributed by atoms with E-state index in [4.69, 9.17) is 0 Å². The molecule has 5 nitrogen and oxygen atoms in total. The highest BCUT2D eigenvalue weighted by atomic mass is 32.1. The molecule has 23 heavy (non-hydrogen) atoms. The van der Waals surface area contributed by atoms with Gasteiger partial charge in [-0.05, 0) is 30.3 Å². The van der Waals surface area contributed by atoms with Gasteiger partial charge in [0.25, 0.3) is 0 Å². The first kappa shape index (κ1) is 13.0. The zero-order valence-corrected chi connectivity index (χ0v) is 12.9. The highest BCUT2D eigenvalue weighted by Crippen LogP contribution is 2.36. The lowest BCUT2D eigenvalue weighted by molar-refractivity contribution is 0.496. The Morgan fingerprint density at radius 3 is 2.96 bits per heavy atom. The molecule has 4 heterocycles. The van der Waals surface area contributed by atoms with E-state index in [1.165, 1.54) is 17.4 Å². The highest BCUT2D eigenvalue weighted by Gasteiger charge is 2.33. The van der Waals surface area contributed by atoms with Crippen molar-refractivity contribution >= 4 is 32.3 Å². The predicted octanol–water partition coefficient (Wildman–Crippen LogP) is 3.08. The molecule has 114 valence electrons. The van der Waals surface area contributed by atoms with Crippen LogP contribution in [0.2, 0.25) is 0 Å². The summed E-state index contributed by atoms with van der Waals surface area (Å²) >= 11 is 1.53. The van der Waals surface area contributed by atoms with Crippen molar-refractivity contribution in [3.8, 4) is 0 Å². The highest BCUT2D eigenvalue weighted by molar-refractivity contribution is 7.22. The lowest BCUT2D eigenvalue weighted by Gasteiger charge is -2.37. The van der Waals surface area contributed by atoms with Crippen LogP contribution < -0.4 is 4.90 Å². The van der Waals surface area contributed by atoms with E-state index in [9.17, 15) is 4.39 Å². The fraction of sp³-hybridized carbons (Fsp3) is 0.188. The quantitative estimate of drug-likeness (QED) is 0.568. The minimum atomic E-state index is -0.218. The van der Waals surface area contributed by atoms with Crippen LogP contribution in [-0.4, -0.2) is 32.7 Å². The van der Waals surface area contributed by atoms with Crippen molar-refractivity contribution in [3.05, 3.63) is 54.2 Å². The van der Waals surface area contributed by atoms with Crippen LogP contribution in [-0.2, 0) is 0 Å². The van der Waals surface area contributed by atoms with Crippen LogP contribution in [0.1, 0.15) is 11.7 Å². The van der Waals surface area contributed by atoms with E-state index in [-0.39, 0.29) is 5.82 Å². The van der Waals surface area contributed by atoms with Gasteiger partial charge in [0.15, 0.2) is 10.8 Å². The molecule has 0 bridgehead atoms. The fourth-order valence-electron chi connectivity index (χ4n) is 2.96. The molecule has 0 aliphatic carbocycles. The number of fused-ring (bicyclic) bond motifs is 2. The average molecular weight is 325 g/mol. The molecule has 5 rings (SSSR count). The standard InChI is InChI=1S/C16H12FN5S/c17-11-4-5-12-13(7-11)23-16(18-12)21-8-10(9-21)15-20-19-14-3-1-2-6-22(14)15/h1-7,10H,8-9H2. The van der Waals surface area contributed by atoms with Crippen LogP contribution in [0.4, 0.5) is 9.52 Å². The zero-order valence-electron chi connectivity index (χ0n) is 12.1. The molecule has 3 aromatic heterocycles. The van der Waals surface area contributed by atoms with Gasteiger partial charge in [0.1, 0.15) is 11.6 Å². The summed E-state index contributed by atoms with van der Waals surface area (Å²) in [5.74, 6) is 1.12. The number of rotatable bonds is 2. The fourth-order valence-corrected chi connectivity index (χ4v) is 3.97. The van der Waals surface area contributed by atoms with Gasteiger partial charge in [0.2, 0.25) is 0 Å². The van der Waals surface area contributed by atoms with Crippen molar-refractivity contribution in [1.82, 2.24) is 19.6 Å². The first-order valence-electron chi connectivity index (χ1n) is 7.39. The van der Waals surface area contributed by atoms with E-state index in [0.29, 0.717) is 5.92 Å². The van der Waals surface area contributed by atoms with Crippen molar-refractivity contribution in [1.29, 1.82) is 0 Å². The molecule has 0 radical (unpaired) electrons. The molecule has 1 saturated heterocycles. The SMILES string of the molecule is Fc1ccc2nc(N3CC(c4nnc5ccccn45)C3)sc2c1. The molecule has 0 unspecified atom stereocenters.